The molecule has 0 aliphatic carbocycles. The number of nitrogens with zero attached hydrogens (tertiary/aromatic N) is 7. The number of carbonyl (C=O) groups excluding carboxylic acids is 2. The number of carbonyl (C=O) groups is 2. The van der Waals surface area contributed by atoms with Gasteiger partial charge in [0.05, 0.1) is 50.9 Å². The predicted molar refractivity (Wildman–Crippen MR) is 300 cm³/mol. The van der Waals surface area contributed by atoms with Gasteiger partial charge in [0, 0.05) is 73.8 Å². The molecule has 3 aliphatic rings. The van der Waals surface area contributed by atoms with Gasteiger partial charge in [-0.15, -0.1) is 0 Å². The molecule has 17 nitrogen and oxygen atoms in total. The molecule has 7 heterocycles. The summed E-state index contributed by atoms with van der Waals surface area (Å²) in [5.41, 5.74) is 3.87. The molecule has 0 radical (unpaired) electrons. The maximum atomic E-state index is 14.7. The van der Waals surface area contributed by atoms with Crippen LogP contribution in [0.15, 0.2) is 114 Å². The van der Waals surface area contributed by atoms with Crippen LogP contribution in [0.25, 0.3) is 11.3 Å². The summed E-state index contributed by atoms with van der Waals surface area (Å²) in [5, 5.41) is 0.303. The van der Waals surface area contributed by atoms with E-state index < -0.39 is 106 Å². The van der Waals surface area contributed by atoms with Gasteiger partial charge in [-0.3, -0.25) is 14.6 Å². The summed E-state index contributed by atoms with van der Waals surface area (Å²) >= 11 is 5.90. The summed E-state index contributed by atoms with van der Waals surface area (Å²) in [7, 11) is -9.02. The van der Waals surface area contributed by atoms with E-state index in [0.717, 1.165) is 79.4 Å². The Bertz CT molecular complexity index is 3560. The first-order valence-electron chi connectivity index (χ1n) is 26.8. The number of aromatic nitrogens is 5. The third kappa shape index (κ3) is 16.0. The molecule has 29 heteroatoms. The van der Waals surface area contributed by atoms with E-state index >= 15 is 0 Å². The molecule has 9 rings (SSSR count). The van der Waals surface area contributed by atoms with Crippen molar-refractivity contribution in [2.75, 3.05) is 0 Å². The topological polar surface area (TPSA) is 210 Å². The van der Waals surface area contributed by atoms with Gasteiger partial charge in [0.2, 0.25) is 25.9 Å². The maximum Gasteiger partial charge on any atom is 0.498 e. The van der Waals surface area contributed by atoms with Crippen molar-refractivity contribution in [3.05, 3.63) is 143 Å². The van der Waals surface area contributed by atoms with Crippen molar-refractivity contribution < 1.29 is 80.3 Å². The smallest absolute Gasteiger partial charge is 0.417 e. The van der Waals surface area contributed by atoms with Gasteiger partial charge in [-0.1, -0.05) is 11.6 Å². The third-order valence-electron chi connectivity index (χ3n) is 15.2. The zero-order chi connectivity index (χ0) is 63.2. The standard InChI is InChI=1S/C26H25F4N3O4S.C20H21ClF2N2O3S.C11H15BF2N2O3/c1-15-13-31-22(18-4-10-25(32-14-18)37-26(29)30)11-17(15)3-9-24(34)23-12-21(28)16(2)33(23)38(35,36)20-7-5-19(27)6-8-20;1-12-11-24-20(21)9-14(12)3-8-19(26)18-10-17(23)13(2)25(18)29(27,28)16-6-4-15(22)5-7-16;1-10(2)11(3,4)19-12(18-10)7-5-15-9(16-6-7)17-8(13)14/h4-8,10-11,13-14,16,21,23,26H,3,9,12H2,1-2H3;4-7,9,11,13,17-18H,3,8,10H2,1-2H3;5-6,8H,1-4H3/t16-,21+,23-;13-,17+,18-;/m00./s1. The second-order valence-corrected chi connectivity index (χ2v) is 25.6. The number of alkyl halides is 6. The number of hydrogen-bond donors (Lipinski definition) is 0. The van der Waals surface area contributed by atoms with Gasteiger partial charge in [0.1, 0.15) is 29.1 Å². The van der Waals surface area contributed by atoms with E-state index in [1.54, 1.807) is 31.5 Å². The Kier molecular flexibility index (Phi) is 21.5. The summed E-state index contributed by atoms with van der Waals surface area (Å²) in [6.07, 6.45) is 4.37. The number of ketones is 2. The Hall–Kier alpha value is -6.56. The minimum atomic E-state index is -4.25. The zero-order valence-electron chi connectivity index (χ0n) is 47.7. The van der Waals surface area contributed by atoms with Crippen LogP contribution < -0.4 is 14.9 Å². The van der Waals surface area contributed by atoms with Crippen molar-refractivity contribution >= 4 is 55.8 Å². The van der Waals surface area contributed by atoms with Crippen LogP contribution in [0.4, 0.5) is 35.1 Å². The third-order valence-corrected chi connectivity index (χ3v) is 19.4. The van der Waals surface area contributed by atoms with Crippen LogP contribution in [-0.2, 0) is 51.8 Å². The van der Waals surface area contributed by atoms with Gasteiger partial charge in [0.25, 0.3) is 0 Å². The molecule has 0 unspecified atom stereocenters. The highest BCUT2D eigenvalue weighted by molar-refractivity contribution is 7.89. The number of Topliss-reactive ketones (excluding diaryl/α,β-unsaturated/α-hetero) is 2. The molecule has 0 saturated carbocycles. The van der Waals surface area contributed by atoms with Crippen LogP contribution in [-0.4, -0.2) is 130 Å². The average Bonchev–Trinajstić information content (AvgIpc) is 1.84. The largest absolute Gasteiger partial charge is 0.498 e. The lowest BCUT2D eigenvalue weighted by Crippen LogP contribution is -2.44. The van der Waals surface area contributed by atoms with Crippen LogP contribution in [0.1, 0.15) is 89.5 Å². The molecule has 2 aromatic carbocycles. The molecule has 6 aromatic rings. The first kappa shape index (κ1) is 67.0. The molecule has 3 saturated heterocycles. The molecule has 0 amide bonds. The van der Waals surface area contributed by atoms with E-state index in [-0.39, 0.29) is 59.6 Å². The first-order chi connectivity index (χ1) is 40.3. The van der Waals surface area contributed by atoms with E-state index in [9.17, 15) is 61.5 Å². The Morgan fingerprint density at radius 3 is 1.51 bits per heavy atom. The number of sulfonamides is 2. The number of ether oxygens (including phenoxy) is 2. The first-order valence-corrected chi connectivity index (χ1v) is 30.1. The molecular formula is C57H61BClF8N7O10S2. The van der Waals surface area contributed by atoms with Crippen LogP contribution in [0.2, 0.25) is 5.15 Å². The van der Waals surface area contributed by atoms with Gasteiger partial charge >= 0.3 is 26.4 Å². The van der Waals surface area contributed by atoms with E-state index in [4.69, 9.17) is 20.9 Å². The summed E-state index contributed by atoms with van der Waals surface area (Å²) in [6.45, 7) is 8.22. The van der Waals surface area contributed by atoms with Crippen molar-refractivity contribution in [2.24, 2.45) is 0 Å². The summed E-state index contributed by atoms with van der Waals surface area (Å²) in [6, 6.07) is 9.93. The molecule has 0 spiro atoms. The van der Waals surface area contributed by atoms with Gasteiger partial charge in [-0.05, 0) is 157 Å². The molecular weight excluding hydrogens is 1210 g/mol. The molecule has 3 aliphatic heterocycles. The number of hydrogen-bond acceptors (Lipinski definition) is 15. The van der Waals surface area contributed by atoms with Crippen LogP contribution >= 0.6 is 11.6 Å². The fourth-order valence-electron chi connectivity index (χ4n) is 9.60. The second-order valence-electron chi connectivity index (χ2n) is 21.5. The highest BCUT2D eigenvalue weighted by Gasteiger charge is 2.53. The highest BCUT2D eigenvalue weighted by Crippen LogP contribution is 2.38. The molecule has 6 atom stereocenters. The van der Waals surface area contributed by atoms with E-state index in [2.05, 4.69) is 34.4 Å². The van der Waals surface area contributed by atoms with Crippen molar-refractivity contribution in [1.29, 1.82) is 0 Å². The van der Waals surface area contributed by atoms with Crippen molar-refractivity contribution in [3.63, 3.8) is 0 Å². The summed E-state index contributed by atoms with van der Waals surface area (Å²) in [5.74, 6) is -2.24. The zero-order valence-corrected chi connectivity index (χ0v) is 50.1. The Morgan fingerprint density at radius 1 is 0.640 bits per heavy atom. The minimum absolute atomic E-state index is 0.0424. The average molecular weight is 1270 g/mol. The van der Waals surface area contributed by atoms with Gasteiger partial charge in [0.15, 0.2) is 11.6 Å². The minimum Gasteiger partial charge on any atom is -0.417 e. The van der Waals surface area contributed by atoms with Crippen LogP contribution in [0.3, 0.4) is 0 Å². The number of pyridine rings is 3. The fraction of sp³-hybridized carbons (Fsp3) is 0.421. The highest BCUT2D eigenvalue weighted by atomic mass is 35.5. The lowest BCUT2D eigenvalue weighted by molar-refractivity contribution is -0.123. The van der Waals surface area contributed by atoms with Gasteiger partial charge in [-0.25, -0.2) is 54.3 Å². The van der Waals surface area contributed by atoms with Crippen LogP contribution in [0.5, 0.6) is 11.9 Å². The van der Waals surface area contributed by atoms with E-state index in [1.165, 1.54) is 44.6 Å². The quantitative estimate of drug-likeness (QED) is 0.0445. The van der Waals surface area contributed by atoms with Crippen LogP contribution in [0, 0.1) is 25.5 Å². The number of aryl methyl sites for hydroxylation is 4. The van der Waals surface area contributed by atoms with Gasteiger partial charge < -0.3 is 18.8 Å². The maximum absolute atomic E-state index is 14.7. The Balaban J connectivity index is 0.000000195. The molecule has 0 bridgehead atoms. The number of rotatable bonds is 18. The van der Waals surface area contributed by atoms with E-state index in [0.29, 0.717) is 28.3 Å². The molecule has 4 aromatic heterocycles. The summed E-state index contributed by atoms with van der Waals surface area (Å²) < 4.78 is 179. The molecule has 3 fully saturated rings. The van der Waals surface area contributed by atoms with Crippen molar-refractivity contribution in [1.82, 2.24) is 33.5 Å². The number of benzene rings is 2. The van der Waals surface area contributed by atoms with Gasteiger partial charge in [-0.2, -0.15) is 26.2 Å². The predicted octanol–water partition coefficient (Wildman–Crippen LogP) is 10.1. The molecule has 86 heavy (non-hydrogen) atoms. The normalized spacial score (nSPS) is 21.2. The van der Waals surface area contributed by atoms with Crippen molar-refractivity contribution in [3.8, 4) is 23.1 Å². The Morgan fingerprint density at radius 2 is 1.08 bits per heavy atom. The SMILES string of the molecule is CC1(C)OB(c2cnc(OC(F)F)nc2)OC1(C)C.Cc1cnc(-c2ccc(OC(F)F)nc2)cc1CCC(=O)[C@@H]1C[C@@H](F)[C@H](C)N1S(=O)(=O)c1ccc(F)cc1.Cc1cnc(Cl)cc1CCC(=O)[C@@H]1C[C@@H](F)[C@H](C)N1S(=O)(=O)c1ccc(F)cc1. The van der Waals surface area contributed by atoms with Crippen molar-refractivity contribution in [2.45, 2.75) is 165 Å². The molecule has 0 N–H and O–H groups in total. The Labute approximate surface area is 498 Å². The number of halogens is 9. The lowest BCUT2D eigenvalue weighted by Gasteiger charge is -2.32. The second kappa shape index (κ2) is 27.7. The lowest BCUT2D eigenvalue weighted by atomic mass is 9.81. The molecule has 462 valence electrons. The summed E-state index contributed by atoms with van der Waals surface area (Å²) in [4.78, 5) is 45.2. The fourth-order valence-corrected chi connectivity index (χ4v) is 13.4. The monoisotopic (exact) mass is 1270 g/mol. The van der Waals surface area contributed by atoms with E-state index in [1.807, 2.05) is 34.6 Å².